The highest BCUT2D eigenvalue weighted by Gasteiger charge is 2.37. The zero-order valence-electron chi connectivity index (χ0n) is 54.5. The lowest BCUT2D eigenvalue weighted by atomic mass is 9.91. The summed E-state index contributed by atoms with van der Waals surface area (Å²) in [7, 11) is 0. The van der Waals surface area contributed by atoms with E-state index < -0.39 is 0 Å². The summed E-state index contributed by atoms with van der Waals surface area (Å²) in [5.74, 6) is 0.383. The first kappa shape index (κ1) is 65.5. The standard InChI is InChI=1S/C30H17BrO.C18H13Br.C18H14ClN.C16H9Br.C12H9Br/c31-26-16-22(14-21-13-18-7-1-2-8-19(18)15-25(21)26)29-23-10-4-3-9-20(23)17-28-30(29)24-11-5-6-12-27(24)32-28;19-18-12-16(14-7-3-1-4-8-14)11-17(13-18)15-9-5-2-6-10-15;19-13-10-11-18-16(12-13)15-8-4-5-9-17(15)20(18)14-6-2-1-3-7-14;17-14-8-12-6-4-10-2-1-3-11-5-7-13(9-14)16(12)15(10)11;13-12-8-4-7-11(9-12)10-5-2-1-3-6-10/h1-17H;1-13H;1-12,15,17H;1-9H;1-9H. The van der Waals surface area contributed by atoms with Crippen LogP contribution in [0.3, 0.4) is 0 Å². The molecule has 0 spiro atoms. The van der Waals surface area contributed by atoms with E-state index in [2.05, 4.69) is 384 Å². The van der Waals surface area contributed by atoms with Gasteiger partial charge in [0.05, 0.1) is 6.04 Å². The second-order valence-electron chi connectivity index (χ2n) is 25.3. The lowest BCUT2D eigenvalue weighted by Gasteiger charge is -2.28. The van der Waals surface area contributed by atoms with Crippen molar-refractivity contribution in [3.05, 3.63) is 392 Å². The van der Waals surface area contributed by atoms with Crippen molar-refractivity contribution in [2.45, 2.75) is 12.0 Å². The molecule has 20 rings (SSSR count). The first-order chi connectivity index (χ1) is 49.6. The van der Waals surface area contributed by atoms with Crippen molar-refractivity contribution in [3.63, 3.8) is 0 Å². The van der Waals surface area contributed by atoms with Gasteiger partial charge in [-0.25, -0.2) is 0 Å². The molecule has 0 N–H and O–H groups in total. The molecule has 484 valence electrons. The minimum absolute atomic E-state index is 0.343. The number of hydrogen-bond acceptors (Lipinski definition) is 2. The van der Waals surface area contributed by atoms with Gasteiger partial charge in [-0.2, -0.15) is 0 Å². The monoisotopic (exact) mass is 1570 g/mol. The SMILES string of the molecule is Brc1cc(-c2c3ccccc3cc3oc4ccccc4c23)cc2cc3ccccc3cc12.Brc1cc(-c2ccccc2)cc(-c2ccccc2)c1.Brc1cc2ccc3cccc4ccc(c1)c2c34.Brc1cccc(-c2ccccc2)c1.Clc1ccc2c(c1)C1C=CC=CC1N2c1ccccc1. The smallest absolute Gasteiger partial charge is 0.136 e. The summed E-state index contributed by atoms with van der Waals surface area (Å²) >= 11 is 20.7. The lowest BCUT2D eigenvalue weighted by molar-refractivity contribution is 0.669. The van der Waals surface area contributed by atoms with E-state index >= 15 is 0 Å². The minimum atomic E-state index is 0.343. The van der Waals surface area contributed by atoms with Crippen molar-refractivity contribution >= 4 is 173 Å². The van der Waals surface area contributed by atoms with Gasteiger partial charge in [-0.05, 0) is 218 Å². The number of para-hydroxylation sites is 2. The summed E-state index contributed by atoms with van der Waals surface area (Å²) in [4.78, 5) is 2.40. The van der Waals surface area contributed by atoms with Gasteiger partial charge in [0.2, 0.25) is 0 Å². The third-order valence-electron chi connectivity index (χ3n) is 19.0. The lowest BCUT2D eigenvalue weighted by Crippen LogP contribution is -2.28. The molecule has 0 amide bonds. The molecule has 17 aromatic carbocycles. The largest absolute Gasteiger partial charge is 0.456 e. The van der Waals surface area contributed by atoms with Crippen LogP contribution in [0.5, 0.6) is 0 Å². The van der Waals surface area contributed by atoms with E-state index in [1.165, 1.54) is 131 Å². The van der Waals surface area contributed by atoms with Crippen LogP contribution in [-0.2, 0) is 0 Å². The van der Waals surface area contributed by atoms with Gasteiger partial charge in [0, 0.05) is 56.5 Å². The summed E-state index contributed by atoms with van der Waals surface area (Å²) in [6.07, 6.45) is 8.79. The number of furan rings is 1. The molecule has 101 heavy (non-hydrogen) atoms. The molecule has 2 heterocycles. The number of halogens is 5. The van der Waals surface area contributed by atoms with Crippen LogP contribution in [-0.4, -0.2) is 6.04 Å². The summed E-state index contributed by atoms with van der Waals surface area (Å²) in [6.45, 7) is 0. The number of hydrogen-bond donors (Lipinski definition) is 0. The van der Waals surface area contributed by atoms with Crippen LogP contribution in [0, 0.1) is 0 Å². The van der Waals surface area contributed by atoms with Gasteiger partial charge in [0.15, 0.2) is 0 Å². The van der Waals surface area contributed by atoms with Gasteiger partial charge in [0.25, 0.3) is 0 Å². The number of benzene rings is 17. The maximum atomic E-state index is 6.29. The Bertz CT molecular complexity index is 5990. The molecular formula is C94H62Br4ClNO. The Morgan fingerprint density at radius 2 is 0.812 bits per heavy atom. The molecule has 1 aliphatic heterocycles. The molecule has 7 heteroatoms. The van der Waals surface area contributed by atoms with Crippen LogP contribution >= 0.6 is 75.3 Å². The first-order valence-electron chi connectivity index (χ1n) is 33.6. The third kappa shape index (κ3) is 13.7. The van der Waals surface area contributed by atoms with E-state index in [1.807, 2.05) is 48.5 Å². The van der Waals surface area contributed by atoms with Crippen LogP contribution in [0.4, 0.5) is 11.4 Å². The summed E-state index contributed by atoms with van der Waals surface area (Å²) in [5, 5.41) is 18.5. The molecule has 0 radical (unpaired) electrons. The van der Waals surface area contributed by atoms with Crippen molar-refractivity contribution in [2.75, 3.05) is 4.90 Å². The van der Waals surface area contributed by atoms with E-state index in [0.717, 1.165) is 39.5 Å². The molecule has 1 aliphatic carbocycles. The minimum Gasteiger partial charge on any atom is -0.456 e. The second kappa shape index (κ2) is 29.2. The molecule has 0 bridgehead atoms. The van der Waals surface area contributed by atoms with E-state index in [9.17, 15) is 0 Å². The fourth-order valence-electron chi connectivity index (χ4n) is 14.4. The number of nitrogens with zero attached hydrogens (tertiary/aromatic N) is 1. The van der Waals surface area contributed by atoms with Crippen LogP contribution in [0.15, 0.2) is 386 Å². The fourth-order valence-corrected chi connectivity index (χ4v) is 16.6. The Morgan fingerprint density at radius 1 is 0.297 bits per heavy atom. The van der Waals surface area contributed by atoms with Crippen molar-refractivity contribution in [2.24, 2.45) is 0 Å². The average Bonchev–Trinajstić information content (AvgIpc) is 1.73. The second-order valence-corrected chi connectivity index (χ2v) is 29.3. The van der Waals surface area contributed by atoms with Gasteiger partial charge in [-0.1, -0.05) is 330 Å². The topological polar surface area (TPSA) is 16.4 Å². The number of rotatable bonds is 5. The van der Waals surface area contributed by atoms with Gasteiger partial charge in [0.1, 0.15) is 11.2 Å². The van der Waals surface area contributed by atoms with Gasteiger partial charge < -0.3 is 9.32 Å². The first-order valence-corrected chi connectivity index (χ1v) is 37.2. The Balaban J connectivity index is 0.000000102. The molecule has 0 fully saturated rings. The van der Waals surface area contributed by atoms with Gasteiger partial charge >= 0.3 is 0 Å². The van der Waals surface area contributed by atoms with Crippen LogP contribution in [0.1, 0.15) is 11.5 Å². The molecule has 18 aromatic rings. The highest BCUT2D eigenvalue weighted by molar-refractivity contribution is 9.11. The van der Waals surface area contributed by atoms with Crippen molar-refractivity contribution in [1.82, 2.24) is 0 Å². The Kier molecular flexibility index (Phi) is 18.9. The zero-order valence-corrected chi connectivity index (χ0v) is 61.6. The molecule has 2 unspecified atom stereocenters. The Labute approximate surface area is 626 Å². The van der Waals surface area contributed by atoms with Gasteiger partial charge in [-0.15, -0.1) is 0 Å². The molecule has 2 atom stereocenters. The highest BCUT2D eigenvalue weighted by atomic mass is 79.9. The quantitative estimate of drug-likeness (QED) is 0.126. The summed E-state index contributed by atoms with van der Waals surface area (Å²) in [5.41, 5.74) is 15.5. The van der Waals surface area contributed by atoms with Gasteiger partial charge in [-0.3, -0.25) is 0 Å². The van der Waals surface area contributed by atoms with Crippen LogP contribution in [0.25, 0.3) is 131 Å². The number of anilines is 2. The molecule has 1 aromatic heterocycles. The van der Waals surface area contributed by atoms with Crippen LogP contribution < -0.4 is 4.90 Å². The molecular weight excluding hydrogens is 1510 g/mol. The zero-order chi connectivity index (χ0) is 68.3. The third-order valence-corrected chi connectivity index (χ3v) is 21.3. The summed E-state index contributed by atoms with van der Waals surface area (Å²) < 4.78 is 10.8. The Morgan fingerprint density at radius 3 is 1.48 bits per heavy atom. The molecule has 0 saturated carbocycles. The van der Waals surface area contributed by atoms with Crippen molar-refractivity contribution < 1.29 is 4.42 Å². The summed E-state index contributed by atoms with van der Waals surface area (Å²) in [6, 6.07) is 120. The predicted molar refractivity (Wildman–Crippen MR) is 447 cm³/mol. The van der Waals surface area contributed by atoms with Crippen LogP contribution in [0.2, 0.25) is 5.02 Å². The van der Waals surface area contributed by atoms with E-state index in [1.54, 1.807) is 0 Å². The average molecular weight is 1580 g/mol. The maximum absolute atomic E-state index is 6.29. The number of fused-ring (bicyclic) bond motifs is 9. The fraction of sp³-hybridized carbons (Fsp3) is 0.0213. The van der Waals surface area contributed by atoms with Crippen molar-refractivity contribution in [1.29, 1.82) is 0 Å². The molecule has 2 nitrogen and oxygen atoms in total. The maximum Gasteiger partial charge on any atom is 0.136 e. The van der Waals surface area contributed by atoms with E-state index in [0.29, 0.717) is 12.0 Å². The normalized spacial score (nSPS) is 13.5. The molecule has 0 saturated heterocycles. The predicted octanol–water partition coefficient (Wildman–Crippen LogP) is 29.8. The Hall–Kier alpha value is -10.2. The van der Waals surface area contributed by atoms with Crippen molar-refractivity contribution in [3.8, 4) is 44.5 Å². The highest BCUT2D eigenvalue weighted by Crippen LogP contribution is 2.49. The molecule has 2 aliphatic rings. The number of allylic oxidation sites excluding steroid dienone is 2. The van der Waals surface area contributed by atoms with E-state index in [-0.39, 0.29) is 0 Å². The van der Waals surface area contributed by atoms with E-state index in [4.69, 9.17) is 16.0 Å².